The molecule has 24 heteroatoms. The molecule has 69 heavy (non-hydrogen) atoms. The Morgan fingerprint density at radius 3 is 1.10 bits per heavy atom. The fourth-order valence-corrected chi connectivity index (χ4v) is 7.57. The predicted octanol–water partition coefficient (Wildman–Crippen LogP) is 10.0. The van der Waals surface area contributed by atoms with Crippen LogP contribution in [0.15, 0.2) is 66.9 Å². The fourth-order valence-electron chi connectivity index (χ4n) is 7.57. The maximum atomic E-state index is 15.4. The molecule has 0 amide bonds. The van der Waals surface area contributed by atoms with Crippen molar-refractivity contribution in [3.63, 3.8) is 0 Å². The zero-order chi connectivity index (χ0) is 51.1. The van der Waals surface area contributed by atoms with Crippen molar-refractivity contribution >= 4 is 44.6 Å². The number of hydrogen-bond donors (Lipinski definition) is 0. The number of halogens is 20. The number of nitrogens with zero attached hydrogens (tertiary/aromatic N) is 1. The normalized spacial score (nSPS) is 11.6. The van der Waals surface area contributed by atoms with Gasteiger partial charge in [0.1, 0.15) is 52.7 Å². The van der Waals surface area contributed by atoms with E-state index in [1.165, 1.54) is 0 Å². The Balaban J connectivity index is 0.000000273. The third kappa shape index (κ3) is 8.46. The van der Waals surface area contributed by atoms with E-state index in [1.807, 2.05) is 65.4 Å². The van der Waals surface area contributed by atoms with Gasteiger partial charge in [-0.1, -0.05) is 61.9 Å². The summed E-state index contributed by atoms with van der Waals surface area (Å²) in [6.45, 7) is 3.07. The van der Waals surface area contributed by atoms with Crippen molar-refractivity contribution in [2.75, 3.05) is 6.61 Å². The molecular weight excluding hydrogens is 977 g/mol. The second-order valence-electron chi connectivity index (χ2n) is 14.6. The molecule has 0 saturated carbocycles. The zero-order valence-corrected chi connectivity index (χ0v) is 34.1. The molecular formula is C45H22BF20NO2. The van der Waals surface area contributed by atoms with Crippen LogP contribution in [0.2, 0.25) is 0 Å². The molecule has 0 fully saturated rings. The fraction of sp³-hybridized carbons (Fsp3) is 0.111. The molecule has 7 aromatic rings. The minimum absolute atomic E-state index is 0.0798. The number of benzene rings is 6. The first-order valence-electron chi connectivity index (χ1n) is 19.4. The molecule has 6 aromatic carbocycles. The second-order valence-corrected chi connectivity index (χ2v) is 14.6. The van der Waals surface area contributed by atoms with E-state index in [0.717, 1.165) is 35.1 Å². The topological polar surface area (TPSA) is 30.2 Å². The van der Waals surface area contributed by atoms with Gasteiger partial charge in [0, 0.05) is 11.6 Å². The van der Waals surface area contributed by atoms with E-state index in [4.69, 9.17) is 4.74 Å². The van der Waals surface area contributed by atoms with Gasteiger partial charge >= 0.3 is 5.88 Å². The lowest BCUT2D eigenvalue weighted by molar-refractivity contribution is -0.687. The quantitative estimate of drug-likeness (QED) is 0.0246. The molecule has 0 saturated heterocycles. The summed E-state index contributed by atoms with van der Waals surface area (Å²) in [5.74, 6) is -70.6. The Bertz CT molecular complexity index is 2810. The Hall–Kier alpha value is -7.14. The number of rotatable bonds is 11. The summed E-state index contributed by atoms with van der Waals surface area (Å²) in [4.78, 5) is 12.6. The van der Waals surface area contributed by atoms with Gasteiger partial charge in [0.05, 0.1) is 12.0 Å². The van der Waals surface area contributed by atoms with E-state index < -0.39 is 144 Å². The molecule has 0 radical (unpaired) electrons. The number of ether oxygens (including phenoxy) is 1. The molecule has 0 spiro atoms. The average Bonchev–Trinajstić information content (AvgIpc) is 3.34. The monoisotopic (exact) mass is 999 g/mol. The molecule has 7 rings (SSSR count). The van der Waals surface area contributed by atoms with Crippen molar-refractivity contribution < 1.29 is 102 Å². The van der Waals surface area contributed by atoms with E-state index in [-0.39, 0.29) is 12.3 Å². The summed E-state index contributed by atoms with van der Waals surface area (Å²) < 4.78 is 302. The molecule has 0 N–H and O–H groups in total. The van der Waals surface area contributed by atoms with Gasteiger partial charge < -0.3 is 4.74 Å². The molecule has 0 unspecified atom stereocenters. The summed E-state index contributed by atoms with van der Waals surface area (Å²) in [6, 6.07) is 19.5. The minimum Gasteiger partial charge on any atom is -0.444 e. The van der Waals surface area contributed by atoms with Crippen molar-refractivity contribution in [3.05, 3.63) is 189 Å². The van der Waals surface area contributed by atoms with Crippen LogP contribution >= 0.6 is 0 Å². The van der Waals surface area contributed by atoms with Gasteiger partial charge in [0.15, 0.2) is 76.0 Å². The van der Waals surface area contributed by atoms with Crippen LogP contribution < -0.4 is 31.2 Å². The minimum atomic E-state index is -7.22. The van der Waals surface area contributed by atoms with Gasteiger partial charge in [-0.3, -0.25) is 4.79 Å². The second kappa shape index (κ2) is 19.8. The van der Waals surface area contributed by atoms with Crippen molar-refractivity contribution in [3.8, 4) is 5.88 Å². The maximum Gasteiger partial charge on any atom is 0.376 e. The predicted molar refractivity (Wildman–Crippen MR) is 205 cm³/mol. The maximum absolute atomic E-state index is 15.4. The number of fused-ring (bicyclic) bond motifs is 1. The lowest BCUT2D eigenvalue weighted by atomic mass is 9.12. The SMILES string of the molecule is CCCCOc1c2ccccc2cc[n+]1CC(=O)c1ccccc1.Fc1c(F)c(F)c([B-](c2c(F)c(F)c(F)c(F)c2F)(c2c(F)c(F)c(F)c(F)c2F)c2c(F)c(F)c(F)c(F)c2F)c(F)c1F. The third-order valence-electron chi connectivity index (χ3n) is 10.7. The number of aromatic nitrogens is 1. The van der Waals surface area contributed by atoms with Crippen LogP contribution in [-0.2, 0) is 6.54 Å². The summed E-state index contributed by atoms with van der Waals surface area (Å²) in [7, 11) is 0. The third-order valence-corrected chi connectivity index (χ3v) is 10.7. The first-order chi connectivity index (χ1) is 32.5. The lowest BCUT2D eigenvalue weighted by Gasteiger charge is -2.44. The van der Waals surface area contributed by atoms with Gasteiger partial charge in [-0.2, -0.15) is 4.57 Å². The van der Waals surface area contributed by atoms with Crippen LogP contribution in [-0.4, -0.2) is 18.5 Å². The van der Waals surface area contributed by atoms with Crippen LogP contribution in [0.4, 0.5) is 87.8 Å². The summed E-state index contributed by atoms with van der Waals surface area (Å²) in [6.07, 6.45) is -3.21. The standard InChI is InChI=1S/C24BF20.C21H22NO2/c26-5-1(6(27)14(35)21(42)13(5)34)25(2-7(28)15(36)22(43)16(37)8(2)29,3-9(30)17(38)23(44)18(39)10(3)31)4-11(32)19(40)24(45)20(41)12(4)33;1-2-3-15-24-21-19-12-8-7-9-17(19)13-14-22(21)16-20(23)18-10-5-4-6-11-18/h;4-14H,2-3,15-16H2,1H3/q-1;+1. The summed E-state index contributed by atoms with van der Waals surface area (Å²) >= 11 is 0. The molecule has 0 atom stereocenters. The number of carbonyl (C=O) groups is 1. The lowest BCUT2D eigenvalue weighted by Crippen LogP contribution is -2.81. The smallest absolute Gasteiger partial charge is 0.376 e. The van der Waals surface area contributed by atoms with Crippen LogP contribution in [0.3, 0.4) is 0 Å². The average molecular weight is 999 g/mol. The van der Waals surface area contributed by atoms with E-state index in [0.29, 0.717) is 6.61 Å². The molecule has 0 aliphatic heterocycles. The summed E-state index contributed by atoms with van der Waals surface area (Å²) in [5.41, 5.74) is -13.6. The molecule has 1 heterocycles. The molecule has 0 aliphatic carbocycles. The Kier molecular flexibility index (Phi) is 14.7. The highest BCUT2D eigenvalue weighted by atomic mass is 19.2. The van der Waals surface area contributed by atoms with Crippen LogP contribution in [0.5, 0.6) is 5.88 Å². The number of pyridine rings is 1. The van der Waals surface area contributed by atoms with Gasteiger partial charge in [-0.05, 0) is 17.9 Å². The van der Waals surface area contributed by atoms with Gasteiger partial charge in [-0.25, -0.2) is 87.8 Å². The van der Waals surface area contributed by atoms with Crippen molar-refractivity contribution in [1.29, 1.82) is 0 Å². The largest absolute Gasteiger partial charge is 0.444 e. The highest BCUT2D eigenvalue weighted by molar-refractivity contribution is 7.20. The number of unbranched alkanes of at least 4 members (excludes halogenated alkanes) is 1. The highest BCUT2D eigenvalue weighted by Crippen LogP contribution is 2.31. The van der Waals surface area contributed by atoms with E-state index in [9.17, 15) is 57.5 Å². The molecule has 362 valence electrons. The highest BCUT2D eigenvalue weighted by Gasteiger charge is 2.52. The summed E-state index contributed by atoms with van der Waals surface area (Å²) in [5, 5.41) is 2.16. The molecule has 3 nitrogen and oxygen atoms in total. The van der Waals surface area contributed by atoms with Crippen molar-refractivity contribution in [2.45, 2.75) is 26.3 Å². The van der Waals surface area contributed by atoms with Crippen molar-refractivity contribution in [1.82, 2.24) is 0 Å². The van der Waals surface area contributed by atoms with Crippen molar-refractivity contribution in [2.24, 2.45) is 0 Å². The first kappa shape index (κ1) is 51.3. The van der Waals surface area contributed by atoms with Crippen LogP contribution in [0, 0.1) is 116 Å². The Morgan fingerprint density at radius 2 is 0.754 bits per heavy atom. The van der Waals surface area contributed by atoms with Crippen LogP contribution in [0.25, 0.3) is 10.8 Å². The van der Waals surface area contributed by atoms with E-state index >= 15 is 35.1 Å². The van der Waals surface area contributed by atoms with Gasteiger partial charge in [0.25, 0.3) is 0 Å². The van der Waals surface area contributed by atoms with E-state index in [2.05, 4.69) is 13.0 Å². The molecule has 1 aromatic heterocycles. The molecule has 0 aliphatic rings. The zero-order valence-electron chi connectivity index (χ0n) is 34.1. The van der Waals surface area contributed by atoms with Gasteiger partial charge in [0.2, 0.25) is 12.3 Å². The van der Waals surface area contributed by atoms with Crippen LogP contribution in [0.1, 0.15) is 30.1 Å². The van der Waals surface area contributed by atoms with Gasteiger partial charge in [-0.15, -0.1) is 21.9 Å². The Labute approximate surface area is 373 Å². The number of Topliss-reactive ketones (excluding diaryl/α,β-unsaturated/α-hetero) is 1. The number of hydrogen-bond acceptors (Lipinski definition) is 2. The van der Waals surface area contributed by atoms with E-state index in [1.54, 1.807) is 0 Å². The number of carbonyl (C=O) groups excluding carboxylic acids is 1. The molecule has 0 bridgehead atoms. The number of ketones is 1. The first-order valence-corrected chi connectivity index (χ1v) is 19.4. The Morgan fingerprint density at radius 1 is 0.435 bits per heavy atom.